The maximum absolute atomic E-state index is 9.11. The average molecular weight is 200 g/mol. The van der Waals surface area contributed by atoms with Gasteiger partial charge in [-0.2, -0.15) is 0 Å². The van der Waals surface area contributed by atoms with Crippen molar-refractivity contribution in [1.29, 1.82) is 0 Å². The van der Waals surface area contributed by atoms with Gasteiger partial charge in [0.15, 0.2) is 0 Å². The van der Waals surface area contributed by atoms with E-state index in [9.17, 15) is 0 Å². The molecule has 0 bridgehead atoms. The Morgan fingerprint density at radius 1 is 0.800 bits per heavy atom. The van der Waals surface area contributed by atoms with Crippen molar-refractivity contribution in [2.24, 2.45) is 0 Å². The van der Waals surface area contributed by atoms with E-state index in [2.05, 4.69) is 0 Å². The van der Waals surface area contributed by atoms with Crippen molar-refractivity contribution in [3.63, 3.8) is 0 Å². The lowest BCUT2D eigenvalue weighted by atomic mass is 10.1. The van der Waals surface area contributed by atoms with Gasteiger partial charge in [0.1, 0.15) is 5.75 Å². The van der Waals surface area contributed by atoms with Gasteiger partial charge in [-0.1, -0.05) is 61.5 Å². The summed E-state index contributed by atoms with van der Waals surface area (Å²) < 4.78 is 0. The molecule has 0 aliphatic rings. The van der Waals surface area contributed by atoms with Crippen LogP contribution in [0.3, 0.4) is 0 Å². The number of phenolic OH excluding ortho intramolecular Hbond substituents is 1. The highest BCUT2D eigenvalue weighted by molar-refractivity contribution is 5.31. The summed E-state index contributed by atoms with van der Waals surface area (Å²) in [6.07, 6.45) is 0.896. The third kappa shape index (κ3) is 4.32. The predicted molar refractivity (Wildman–Crippen MR) is 63.9 cm³/mol. The van der Waals surface area contributed by atoms with Crippen molar-refractivity contribution >= 4 is 0 Å². The number of aromatic hydroxyl groups is 1. The molecule has 2 aromatic rings. The van der Waals surface area contributed by atoms with E-state index in [-0.39, 0.29) is 0 Å². The van der Waals surface area contributed by atoms with Gasteiger partial charge in [0.05, 0.1) is 0 Å². The summed E-state index contributed by atoms with van der Waals surface area (Å²) >= 11 is 0. The Morgan fingerprint density at radius 2 is 1.27 bits per heavy atom. The van der Waals surface area contributed by atoms with Crippen molar-refractivity contribution < 1.29 is 5.11 Å². The smallest absolute Gasteiger partial charge is 0.118 e. The van der Waals surface area contributed by atoms with Crippen molar-refractivity contribution in [3.8, 4) is 5.75 Å². The molecule has 0 saturated carbocycles. The molecule has 2 rings (SSSR count). The van der Waals surface area contributed by atoms with Gasteiger partial charge in [-0.3, -0.25) is 0 Å². The lowest BCUT2D eigenvalue weighted by Gasteiger charge is -1.97. The van der Waals surface area contributed by atoms with Crippen LogP contribution >= 0.6 is 0 Å². The van der Waals surface area contributed by atoms with Crippen LogP contribution in [0.2, 0.25) is 0 Å². The van der Waals surface area contributed by atoms with Gasteiger partial charge in [-0.05, 0) is 18.1 Å². The molecule has 0 heterocycles. The number of hydrogen-bond acceptors (Lipinski definition) is 1. The zero-order chi connectivity index (χ0) is 10.9. The fourth-order valence-corrected chi connectivity index (χ4v) is 1.19. The first kappa shape index (κ1) is 11.3. The van der Waals surface area contributed by atoms with Gasteiger partial charge in [0.25, 0.3) is 0 Å². The molecule has 0 aliphatic carbocycles. The molecule has 0 aromatic heterocycles. The summed E-state index contributed by atoms with van der Waals surface area (Å²) in [5.41, 5.74) is 1.01. The molecule has 2 aromatic carbocycles. The molecular formula is C14H16O. The van der Waals surface area contributed by atoms with Crippen LogP contribution in [0, 0.1) is 0 Å². The fraction of sp³-hybridized carbons (Fsp3) is 0.143. The number of aryl methyl sites for hydroxylation is 1. The zero-order valence-electron chi connectivity index (χ0n) is 8.93. The van der Waals surface area contributed by atoms with Gasteiger partial charge in [0.2, 0.25) is 0 Å². The number of benzene rings is 2. The van der Waals surface area contributed by atoms with E-state index >= 15 is 0 Å². The van der Waals surface area contributed by atoms with Crippen LogP contribution in [0.15, 0.2) is 60.7 Å². The zero-order valence-corrected chi connectivity index (χ0v) is 8.93. The summed E-state index contributed by atoms with van der Waals surface area (Å²) in [6, 6.07) is 19.4. The number of rotatable bonds is 1. The highest BCUT2D eigenvalue weighted by Crippen LogP contribution is 2.14. The number of phenols is 1. The third-order valence-electron chi connectivity index (χ3n) is 2.04. The molecule has 78 valence electrons. The van der Waals surface area contributed by atoms with E-state index < -0.39 is 0 Å². The molecule has 1 N–H and O–H groups in total. The minimum Gasteiger partial charge on any atom is -0.508 e. The first-order valence-corrected chi connectivity index (χ1v) is 5.11. The summed E-state index contributed by atoms with van der Waals surface area (Å²) in [4.78, 5) is 0. The average Bonchev–Trinajstić information content (AvgIpc) is 2.33. The second kappa shape index (κ2) is 6.66. The van der Waals surface area contributed by atoms with Crippen LogP contribution in [-0.2, 0) is 6.42 Å². The van der Waals surface area contributed by atoms with Crippen molar-refractivity contribution in [2.75, 3.05) is 0 Å². The third-order valence-corrected chi connectivity index (χ3v) is 2.04. The quantitative estimate of drug-likeness (QED) is 0.745. The van der Waals surface area contributed by atoms with E-state index in [0.29, 0.717) is 5.75 Å². The maximum Gasteiger partial charge on any atom is 0.118 e. The number of hydrogen-bond donors (Lipinski definition) is 1. The minimum atomic E-state index is 0.403. The molecular weight excluding hydrogens is 184 g/mol. The Bertz CT molecular complexity index is 341. The molecule has 0 aliphatic heterocycles. The summed E-state index contributed by atoms with van der Waals surface area (Å²) in [5, 5.41) is 9.11. The van der Waals surface area contributed by atoms with Crippen LogP contribution in [-0.4, -0.2) is 5.11 Å². The second-order valence-electron chi connectivity index (χ2n) is 3.14. The number of para-hydroxylation sites is 1. The van der Waals surface area contributed by atoms with E-state index in [0.717, 1.165) is 12.0 Å². The first-order valence-electron chi connectivity index (χ1n) is 5.11. The highest BCUT2D eigenvalue weighted by Gasteiger charge is 1.92. The molecule has 15 heavy (non-hydrogen) atoms. The van der Waals surface area contributed by atoms with Crippen LogP contribution < -0.4 is 0 Å². The molecule has 1 nitrogen and oxygen atoms in total. The molecule has 0 saturated heterocycles. The lowest BCUT2D eigenvalue weighted by Crippen LogP contribution is -1.77. The Labute approximate surface area is 91.0 Å². The largest absolute Gasteiger partial charge is 0.508 e. The van der Waals surface area contributed by atoms with Crippen molar-refractivity contribution in [1.82, 2.24) is 0 Å². The molecule has 0 fully saturated rings. The molecule has 0 spiro atoms. The Balaban J connectivity index is 0.000000162. The van der Waals surface area contributed by atoms with Crippen LogP contribution in [0.5, 0.6) is 5.75 Å². The molecule has 0 atom stereocenters. The van der Waals surface area contributed by atoms with E-state index in [1.807, 2.05) is 61.5 Å². The van der Waals surface area contributed by atoms with Gasteiger partial charge in [-0.15, -0.1) is 0 Å². The van der Waals surface area contributed by atoms with E-state index in [4.69, 9.17) is 5.11 Å². The van der Waals surface area contributed by atoms with E-state index in [1.165, 1.54) is 0 Å². The predicted octanol–water partition coefficient (Wildman–Crippen LogP) is 3.64. The summed E-state index contributed by atoms with van der Waals surface area (Å²) in [5.74, 6) is 0.403. The molecule has 0 amide bonds. The SMILES string of the molecule is CCc1ccccc1O.c1ccccc1. The monoisotopic (exact) mass is 200 g/mol. The summed E-state index contributed by atoms with van der Waals surface area (Å²) in [6.45, 7) is 2.02. The van der Waals surface area contributed by atoms with Gasteiger partial charge in [-0.25, -0.2) is 0 Å². The van der Waals surface area contributed by atoms with Crippen LogP contribution in [0.1, 0.15) is 12.5 Å². The highest BCUT2D eigenvalue weighted by atomic mass is 16.3. The van der Waals surface area contributed by atoms with Crippen LogP contribution in [0.25, 0.3) is 0 Å². The minimum absolute atomic E-state index is 0.403. The van der Waals surface area contributed by atoms with E-state index in [1.54, 1.807) is 6.07 Å². The molecule has 0 radical (unpaired) electrons. The first-order chi connectivity index (χ1) is 7.34. The molecule has 0 unspecified atom stereocenters. The van der Waals surface area contributed by atoms with Crippen molar-refractivity contribution in [3.05, 3.63) is 66.2 Å². The second-order valence-corrected chi connectivity index (χ2v) is 3.14. The Hall–Kier alpha value is -1.76. The van der Waals surface area contributed by atoms with Gasteiger partial charge >= 0.3 is 0 Å². The normalized spacial score (nSPS) is 8.87. The fourth-order valence-electron chi connectivity index (χ4n) is 1.19. The Kier molecular flexibility index (Phi) is 5.02. The van der Waals surface area contributed by atoms with Crippen molar-refractivity contribution in [2.45, 2.75) is 13.3 Å². The van der Waals surface area contributed by atoms with Crippen LogP contribution in [0.4, 0.5) is 0 Å². The topological polar surface area (TPSA) is 20.2 Å². The van der Waals surface area contributed by atoms with Gasteiger partial charge < -0.3 is 5.11 Å². The lowest BCUT2D eigenvalue weighted by molar-refractivity contribution is 0.469. The molecule has 1 heteroatoms. The Morgan fingerprint density at radius 3 is 1.60 bits per heavy atom. The maximum atomic E-state index is 9.11. The summed E-state index contributed by atoms with van der Waals surface area (Å²) in [7, 11) is 0. The standard InChI is InChI=1S/C8H10O.C6H6/c1-2-7-5-3-4-6-8(7)9;1-2-4-6-5-3-1/h3-6,9H,2H2,1H3;1-6H. The van der Waals surface area contributed by atoms with Gasteiger partial charge in [0, 0.05) is 0 Å².